The molecule has 0 saturated carbocycles. The summed E-state index contributed by atoms with van der Waals surface area (Å²) in [6, 6.07) is 4.95. The standard InChI is InChI=1S/C10H15NO2S/c1-7(2)14(12,13)10-6-9(11)5-4-8(10)3/h4-7H,11H2,1-3H3. The Morgan fingerprint density at radius 2 is 1.86 bits per heavy atom. The first-order chi connectivity index (χ1) is 6.35. The van der Waals surface area contributed by atoms with Gasteiger partial charge >= 0.3 is 0 Å². The van der Waals surface area contributed by atoms with E-state index in [9.17, 15) is 8.42 Å². The number of hydrogen-bond acceptors (Lipinski definition) is 3. The van der Waals surface area contributed by atoms with Crippen LogP contribution in [0.2, 0.25) is 0 Å². The predicted molar refractivity (Wildman–Crippen MR) is 57.9 cm³/mol. The van der Waals surface area contributed by atoms with Gasteiger partial charge in [0, 0.05) is 5.69 Å². The Bertz CT molecular complexity index is 435. The minimum Gasteiger partial charge on any atom is -0.399 e. The summed E-state index contributed by atoms with van der Waals surface area (Å²) < 4.78 is 23.7. The number of hydrogen-bond donors (Lipinski definition) is 1. The monoisotopic (exact) mass is 213 g/mol. The van der Waals surface area contributed by atoms with Crippen LogP contribution >= 0.6 is 0 Å². The average Bonchev–Trinajstić information content (AvgIpc) is 2.08. The highest BCUT2D eigenvalue weighted by atomic mass is 32.2. The average molecular weight is 213 g/mol. The van der Waals surface area contributed by atoms with Crippen LogP contribution in [0.25, 0.3) is 0 Å². The highest BCUT2D eigenvalue weighted by molar-refractivity contribution is 7.92. The van der Waals surface area contributed by atoms with Gasteiger partial charge < -0.3 is 5.73 Å². The lowest BCUT2D eigenvalue weighted by Gasteiger charge is -2.10. The van der Waals surface area contributed by atoms with Gasteiger partial charge in [0.25, 0.3) is 0 Å². The highest BCUT2D eigenvalue weighted by Crippen LogP contribution is 2.22. The van der Waals surface area contributed by atoms with E-state index in [4.69, 9.17) is 5.73 Å². The van der Waals surface area contributed by atoms with E-state index in [2.05, 4.69) is 0 Å². The lowest BCUT2D eigenvalue weighted by molar-refractivity contribution is 0.587. The predicted octanol–water partition coefficient (Wildman–Crippen LogP) is 1.76. The van der Waals surface area contributed by atoms with E-state index in [0.717, 1.165) is 5.56 Å². The molecule has 0 saturated heterocycles. The van der Waals surface area contributed by atoms with Crippen molar-refractivity contribution in [2.75, 3.05) is 5.73 Å². The first kappa shape index (κ1) is 11.0. The van der Waals surface area contributed by atoms with Crippen LogP contribution in [-0.4, -0.2) is 13.7 Å². The number of aryl methyl sites for hydroxylation is 1. The van der Waals surface area contributed by atoms with Gasteiger partial charge in [-0.2, -0.15) is 0 Å². The molecule has 2 N–H and O–H groups in total. The van der Waals surface area contributed by atoms with Crippen molar-refractivity contribution in [3.63, 3.8) is 0 Å². The first-order valence-corrected chi connectivity index (χ1v) is 6.00. The molecule has 0 atom stereocenters. The maximum Gasteiger partial charge on any atom is 0.181 e. The summed E-state index contributed by atoms with van der Waals surface area (Å²) in [6.45, 7) is 5.10. The second-order valence-corrected chi connectivity index (χ2v) is 6.09. The van der Waals surface area contributed by atoms with E-state index in [-0.39, 0.29) is 0 Å². The number of anilines is 1. The molecule has 0 heterocycles. The Balaban J connectivity index is 3.40. The summed E-state index contributed by atoms with van der Waals surface area (Å²) >= 11 is 0. The Morgan fingerprint density at radius 1 is 1.29 bits per heavy atom. The third kappa shape index (κ3) is 1.90. The van der Waals surface area contributed by atoms with Gasteiger partial charge in [0.2, 0.25) is 0 Å². The molecule has 0 aliphatic rings. The van der Waals surface area contributed by atoms with Gasteiger partial charge in [-0.05, 0) is 38.5 Å². The topological polar surface area (TPSA) is 60.2 Å². The van der Waals surface area contributed by atoms with Crippen molar-refractivity contribution in [2.24, 2.45) is 0 Å². The van der Waals surface area contributed by atoms with Gasteiger partial charge in [-0.3, -0.25) is 0 Å². The molecule has 78 valence electrons. The summed E-state index contributed by atoms with van der Waals surface area (Å²) in [5.74, 6) is 0. The smallest absolute Gasteiger partial charge is 0.181 e. The molecule has 1 rings (SSSR count). The molecule has 0 fully saturated rings. The Labute approximate surface area is 84.9 Å². The van der Waals surface area contributed by atoms with Crippen LogP contribution in [-0.2, 0) is 9.84 Å². The second-order valence-electron chi connectivity index (χ2n) is 3.62. The van der Waals surface area contributed by atoms with Crippen LogP contribution in [0.4, 0.5) is 5.69 Å². The normalized spacial score (nSPS) is 12.0. The molecule has 0 spiro atoms. The van der Waals surface area contributed by atoms with Crippen LogP contribution in [0.15, 0.2) is 23.1 Å². The van der Waals surface area contributed by atoms with Crippen LogP contribution in [0.1, 0.15) is 19.4 Å². The SMILES string of the molecule is Cc1ccc(N)cc1S(=O)(=O)C(C)C. The molecule has 0 aromatic heterocycles. The molecule has 1 aromatic carbocycles. The third-order valence-electron chi connectivity index (χ3n) is 2.14. The van der Waals surface area contributed by atoms with Crippen molar-refractivity contribution < 1.29 is 8.42 Å². The van der Waals surface area contributed by atoms with Crippen LogP contribution in [0, 0.1) is 6.92 Å². The molecule has 0 radical (unpaired) electrons. The number of rotatable bonds is 2. The zero-order chi connectivity index (χ0) is 10.9. The van der Waals surface area contributed by atoms with E-state index < -0.39 is 15.1 Å². The molecule has 0 amide bonds. The number of nitrogen functional groups attached to an aromatic ring is 1. The lowest BCUT2D eigenvalue weighted by Crippen LogP contribution is -2.15. The lowest BCUT2D eigenvalue weighted by atomic mass is 10.2. The fraction of sp³-hybridized carbons (Fsp3) is 0.400. The van der Waals surface area contributed by atoms with E-state index in [1.165, 1.54) is 6.07 Å². The van der Waals surface area contributed by atoms with E-state index >= 15 is 0 Å². The summed E-state index contributed by atoms with van der Waals surface area (Å²) in [5, 5.41) is -0.414. The minimum absolute atomic E-state index is 0.340. The van der Waals surface area contributed by atoms with Gasteiger partial charge in [-0.25, -0.2) is 8.42 Å². The largest absolute Gasteiger partial charge is 0.399 e. The molecule has 14 heavy (non-hydrogen) atoms. The molecule has 1 aromatic rings. The summed E-state index contributed by atoms with van der Waals surface area (Å²) in [7, 11) is -3.21. The van der Waals surface area contributed by atoms with E-state index in [0.29, 0.717) is 10.6 Å². The van der Waals surface area contributed by atoms with Crippen molar-refractivity contribution in [3.8, 4) is 0 Å². The summed E-state index contributed by atoms with van der Waals surface area (Å²) in [5.41, 5.74) is 6.78. The quantitative estimate of drug-likeness (QED) is 0.761. The minimum atomic E-state index is -3.21. The number of sulfone groups is 1. The first-order valence-electron chi connectivity index (χ1n) is 4.45. The van der Waals surface area contributed by atoms with Gasteiger partial charge in [0.1, 0.15) is 0 Å². The fourth-order valence-corrected chi connectivity index (χ4v) is 2.50. The molecule has 0 unspecified atom stereocenters. The van der Waals surface area contributed by atoms with E-state index in [1.807, 2.05) is 0 Å². The molecular weight excluding hydrogens is 198 g/mol. The number of nitrogens with two attached hydrogens (primary N) is 1. The number of benzene rings is 1. The summed E-state index contributed by atoms with van der Waals surface area (Å²) in [6.07, 6.45) is 0. The van der Waals surface area contributed by atoms with Crippen LogP contribution in [0.5, 0.6) is 0 Å². The Morgan fingerprint density at radius 3 is 2.36 bits per heavy atom. The molecule has 4 heteroatoms. The third-order valence-corrected chi connectivity index (χ3v) is 4.43. The van der Waals surface area contributed by atoms with Crippen LogP contribution in [0.3, 0.4) is 0 Å². The molecule has 0 aliphatic carbocycles. The maximum absolute atomic E-state index is 11.8. The van der Waals surface area contributed by atoms with Crippen molar-refractivity contribution in [1.29, 1.82) is 0 Å². The van der Waals surface area contributed by atoms with Gasteiger partial charge in [0.15, 0.2) is 9.84 Å². The molecular formula is C10H15NO2S. The Hall–Kier alpha value is -1.03. The molecule has 0 aliphatic heterocycles. The van der Waals surface area contributed by atoms with Crippen molar-refractivity contribution >= 4 is 15.5 Å². The second kappa shape index (κ2) is 3.61. The van der Waals surface area contributed by atoms with Crippen molar-refractivity contribution in [3.05, 3.63) is 23.8 Å². The van der Waals surface area contributed by atoms with E-state index in [1.54, 1.807) is 32.9 Å². The van der Waals surface area contributed by atoms with Crippen molar-refractivity contribution in [2.45, 2.75) is 30.9 Å². The molecule has 0 bridgehead atoms. The van der Waals surface area contributed by atoms with Crippen LogP contribution < -0.4 is 5.73 Å². The zero-order valence-corrected chi connectivity index (χ0v) is 9.43. The zero-order valence-electron chi connectivity index (χ0n) is 8.61. The summed E-state index contributed by atoms with van der Waals surface area (Å²) in [4.78, 5) is 0.340. The highest BCUT2D eigenvalue weighted by Gasteiger charge is 2.21. The fourth-order valence-electron chi connectivity index (χ4n) is 1.18. The molecule has 3 nitrogen and oxygen atoms in total. The van der Waals surface area contributed by atoms with Gasteiger partial charge in [0.05, 0.1) is 10.1 Å². The van der Waals surface area contributed by atoms with Crippen molar-refractivity contribution in [1.82, 2.24) is 0 Å². The van der Waals surface area contributed by atoms with Gasteiger partial charge in [-0.15, -0.1) is 0 Å². The maximum atomic E-state index is 11.8. The van der Waals surface area contributed by atoms with Gasteiger partial charge in [-0.1, -0.05) is 6.07 Å². The Kier molecular flexibility index (Phi) is 2.85.